The maximum absolute atomic E-state index is 5.77. The third-order valence-corrected chi connectivity index (χ3v) is 4.27. The number of hydrogen-bond acceptors (Lipinski definition) is 5. The second-order valence-corrected chi connectivity index (χ2v) is 6.34. The van der Waals surface area contributed by atoms with Crippen LogP contribution in [0.1, 0.15) is 13.8 Å². The van der Waals surface area contributed by atoms with E-state index < -0.39 is 0 Å². The number of aromatic nitrogens is 1. The van der Waals surface area contributed by atoms with Crippen LogP contribution in [-0.4, -0.2) is 36.1 Å². The van der Waals surface area contributed by atoms with Crippen LogP contribution < -0.4 is 11.1 Å². The zero-order chi connectivity index (χ0) is 13.3. The molecule has 18 heavy (non-hydrogen) atoms. The number of thiazole rings is 1. The number of nitrogens with zero attached hydrogens (tertiary/aromatic N) is 2. The first kappa shape index (κ1) is 13.1. The summed E-state index contributed by atoms with van der Waals surface area (Å²) in [5.41, 5.74) is 7.65. The molecule has 2 rings (SSSR count). The van der Waals surface area contributed by atoms with Crippen LogP contribution in [0.5, 0.6) is 0 Å². The minimum atomic E-state index is 0.0941. The van der Waals surface area contributed by atoms with E-state index in [0.717, 1.165) is 27.6 Å². The Bertz CT molecular complexity index is 545. The van der Waals surface area contributed by atoms with Crippen molar-refractivity contribution in [2.75, 3.05) is 31.7 Å². The number of benzene rings is 1. The van der Waals surface area contributed by atoms with Gasteiger partial charge in [-0.05, 0) is 46.1 Å². The van der Waals surface area contributed by atoms with Gasteiger partial charge in [0.15, 0.2) is 5.13 Å². The molecule has 0 aliphatic rings. The minimum absolute atomic E-state index is 0.0941. The van der Waals surface area contributed by atoms with Crippen molar-refractivity contribution in [2.45, 2.75) is 19.4 Å². The lowest BCUT2D eigenvalue weighted by Gasteiger charge is -2.32. The molecule has 0 aliphatic carbocycles. The highest BCUT2D eigenvalue weighted by atomic mass is 32.1. The number of nitrogens with two attached hydrogens (primary N) is 1. The van der Waals surface area contributed by atoms with Gasteiger partial charge in [0.1, 0.15) is 0 Å². The van der Waals surface area contributed by atoms with Crippen molar-refractivity contribution in [1.82, 2.24) is 9.88 Å². The number of nitrogens with one attached hydrogen (secondary N) is 1. The van der Waals surface area contributed by atoms with Gasteiger partial charge < -0.3 is 16.0 Å². The Hall–Kier alpha value is -1.33. The molecule has 1 heterocycles. The van der Waals surface area contributed by atoms with Gasteiger partial charge in [-0.15, -0.1) is 0 Å². The van der Waals surface area contributed by atoms with Crippen molar-refractivity contribution in [3.05, 3.63) is 18.2 Å². The summed E-state index contributed by atoms with van der Waals surface area (Å²) in [6.45, 7) is 5.26. The summed E-state index contributed by atoms with van der Waals surface area (Å²) in [7, 11) is 4.17. The van der Waals surface area contributed by atoms with Gasteiger partial charge in [-0.1, -0.05) is 11.3 Å². The summed E-state index contributed by atoms with van der Waals surface area (Å²) in [5.74, 6) is 0. The highest BCUT2D eigenvalue weighted by Crippen LogP contribution is 2.27. The second-order valence-electron chi connectivity index (χ2n) is 5.31. The minimum Gasteiger partial charge on any atom is -0.399 e. The van der Waals surface area contributed by atoms with Crippen LogP contribution in [0.15, 0.2) is 18.2 Å². The van der Waals surface area contributed by atoms with Crippen LogP contribution in [-0.2, 0) is 0 Å². The fraction of sp³-hybridized carbons (Fsp3) is 0.462. The van der Waals surface area contributed by atoms with E-state index in [9.17, 15) is 0 Å². The Labute approximate surface area is 112 Å². The Kier molecular flexibility index (Phi) is 3.45. The van der Waals surface area contributed by atoms with Gasteiger partial charge in [-0.2, -0.15) is 0 Å². The lowest BCUT2D eigenvalue weighted by molar-refractivity contribution is 0.210. The van der Waals surface area contributed by atoms with Crippen LogP contribution in [0.2, 0.25) is 0 Å². The van der Waals surface area contributed by atoms with Crippen LogP contribution in [0, 0.1) is 0 Å². The molecule has 3 N–H and O–H groups in total. The number of fused-ring (bicyclic) bond motifs is 1. The normalized spacial score (nSPS) is 12.3. The zero-order valence-corrected chi connectivity index (χ0v) is 12.1. The zero-order valence-electron chi connectivity index (χ0n) is 11.3. The van der Waals surface area contributed by atoms with Crippen LogP contribution >= 0.6 is 11.3 Å². The SMILES string of the molecule is CN(C)C(C)(C)CNc1nc2ccc(N)cc2s1. The van der Waals surface area contributed by atoms with Crippen molar-refractivity contribution in [1.29, 1.82) is 0 Å². The Balaban J connectivity index is 2.13. The maximum atomic E-state index is 5.77. The summed E-state index contributed by atoms with van der Waals surface area (Å²) >= 11 is 1.64. The van der Waals surface area contributed by atoms with E-state index >= 15 is 0 Å². The van der Waals surface area contributed by atoms with Crippen molar-refractivity contribution in [3.63, 3.8) is 0 Å². The summed E-state index contributed by atoms with van der Waals surface area (Å²) in [6, 6.07) is 5.81. The van der Waals surface area contributed by atoms with Crippen LogP contribution in [0.4, 0.5) is 10.8 Å². The van der Waals surface area contributed by atoms with Crippen molar-refractivity contribution in [3.8, 4) is 0 Å². The molecule has 0 amide bonds. The predicted molar refractivity (Wildman–Crippen MR) is 80.3 cm³/mol. The quantitative estimate of drug-likeness (QED) is 0.834. The first-order chi connectivity index (χ1) is 8.38. The summed E-state index contributed by atoms with van der Waals surface area (Å²) in [6.07, 6.45) is 0. The maximum Gasteiger partial charge on any atom is 0.183 e. The Morgan fingerprint density at radius 2 is 2.11 bits per heavy atom. The van der Waals surface area contributed by atoms with E-state index in [-0.39, 0.29) is 5.54 Å². The van der Waals surface area contributed by atoms with Gasteiger partial charge >= 0.3 is 0 Å². The first-order valence-corrected chi connectivity index (χ1v) is 6.77. The van der Waals surface area contributed by atoms with E-state index in [0.29, 0.717) is 0 Å². The van der Waals surface area contributed by atoms with Gasteiger partial charge in [0, 0.05) is 17.8 Å². The van der Waals surface area contributed by atoms with E-state index in [1.165, 1.54) is 0 Å². The molecule has 1 aromatic heterocycles. The smallest absolute Gasteiger partial charge is 0.183 e. The standard InChI is InChI=1S/C13H20N4S/c1-13(2,17(3)4)8-15-12-16-10-6-5-9(14)7-11(10)18-12/h5-7H,8,14H2,1-4H3,(H,15,16). The van der Waals surface area contributed by atoms with Crippen LogP contribution in [0.3, 0.4) is 0 Å². The van der Waals surface area contributed by atoms with Gasteiger partial charge in [-0.25, -0.2) is 4.98 Å². The van der Waals surface area contributed by atoms with Gasteiger partial charge in [0.25, 0.3) is 0 Å². The lowest BCUT2D eigenvalue weighted by Crippen LogP contribution is -2.44. The first-order valence-electron chi connectivity index (χ1n) is 5.96. The van der Waals surface area contributed by atoms with E-state index in [2.05, 4.69) is 43.1 Å². The molecule has 98 valence electrons. The van der Waals surface area contributed by atoms with Gasteiger partial charge in [0.05, 0.1) is 10.2 Å². The molecule has 0 unspecified atom stereocenters. The molecule has 0 aliphatic heterocycles. The summed E-state index contributed by atoms with van der Waals surface area (Å²) < 4.78 is 1.13. The number of rotatable bonds is 4. The highest BCUT2D eigenvalue weighted by molar-refractivity contribution is 7.22. The fourth-order valence-electron chi connectivity index (χ4n) is 1.47. The molecular weight excluding hydrogens is 244 g/mol. The molecule has 0 bridgehead atoms. The molecule has 0 saturated heterocycles. The summed E-state index contributed by atoms with van der Waals surface area (Å²) in [5, 5.41) is 4.35. The van der Waals surface area contributed by atoms with E-state index in [4.69, 9.17) is 5.73 Å². The molecule has 2 aromatic rings. The van der Waals surface area contributed by atoms with Crippen molar-refractivity contribution in [2.24, 2.45) is 0 Å². The molecule has 0 fully saturated rings. The largest absolute Gasteiger partial charge is 0.399 e. The third kappa shape index (κ3) is 2.73. The number of nitrogen functional groups attached to an aromatic ring is 1. The van der Waals surface area contributed by atoms with Gasteiger partial charge in [0.2, 0.25) is 0 Å². The van der Waals surface area contributed by atoms with Gasteiger partial charge in [-0.3, -0.25) is 0 Å². The lowest BCUT2D eigenvalue weighted by atomic mass is 10.1. The topological polar surface area (TPSA) is 54.2 Å². The third-order valence-electron chi connectivity index (χ3n) is 3.30. The molecule has 0 atom stereocenters. The van der Waals surface area contributed by atoms with Crippen LogP contribution in [0.25, 0.3) is 10.2 Å². The number of anilines is 2. The second kappa shape index (κ2) is 4.74. The molecule has 0 radical (unpaired) electrons. The molecule has 0 saturated carbocycles. The molecule has 4 nitrogen and oxygen atoms in total. The van der Waals surface area contributed by atoms with E-state index in [1.54, 1.807) is 11.3 Å². The average molecular weight is 264 g/mol. The summed E-state index contributed by atoms with van der Waals surface area (Å²) in [4.78, 5) is 6.75. The highest BCUT2D eigenvalue weighted by Gasteiger charge is 2.20. The average Bonchev–Trinajstić information content (AvgIpc) is 2.68. The predicted octanol–water partition coefficient (Wildman–Crippen LogP) is 2.63. The number of hydrogen-bond donors (Lipinski definition) is 2. The monoisotopic (exact) mass is 264 g/mol. The molecule has 1 aromatic carbocycles. The van der Waals surface area contributed by atoms with Crippen molar-refractivity contribution < 1.29 is 0 Å². The van der Waals surface area contributed by atoms with E-state index in [1.807, 2.05) is 18.2 Å². The van der Waals surface area contributed by atoms with Crippen molar-refractivity contribution >= 4 is 32.4 Å². The molecular formula is C13H20N4S. The molecule has 5 heteroatoms. The number of likely N-dealkylation sites (N-methyl/N-ethyl adjacent to an activating group) is 1. The Morgan fingerprint density at radius 3 is 2.78 bits per heavy atom. The molecule has 0 spiro atoms. The Morgan fingerprint density at radius 1 is 1.39 bits per heavy atom. The fourth-order valence-corrected chi connectivity index (χ4v) is 2.38.